The highest BCUT2D eigenvalue weighted by Crippen LogP contribution is 2.32. The molecule has 0 bridgehead atoms. The number of ether oxygens (including phenoxy) is 2. The first-order valence-corrected chi connectivity index (χ1v) is 15.8. The summed E-state index contributed by atoms with van der Waals surface area (Å²) in [5, 5.41) is 12.6. The van der Waals surface area contributed by atoms with Crippen LogP contribution in [0.5, 0.6) is 11.5 Å². The van der Waals surface area contributed by atoms with Crippen molar-refractivity contribution < 1.29 is 14.3 Å². The number of hydrogen-bond acceptors (Lipinski definition) is 9. The second kappa shape index (κ2) is 12.9. The highest BCUT2D eigenvalue weighted by molar-refractivity contribution is 7.98. The number of hydrogen-bond donors (Lipinski definition) is 0. The lowest BCUT2D eigenvalue weighted by Crippen LogP contribution is -2.48. The summed E-state index contributed by atoms with van der Waals surface area (Å²) in [7, 11) is 3.32. The summed E-state index contributed by atoms with van der Waals surface area (Å²) in [5.74, 6) is 2.87. The monoisotopic (exact) mass is 612 g/mol. The fraction of sp³-hybridized carbons (Fsp3) is 0.250. The third kappa shape index (κ3) is 6.37. The van der Waals surface area contributed by atoms with Crippen molar-refractivity contribution in [3.8, 4) is 28.6 Å². The minimum atomic E-state index is -0.0231. The van der Waals surface area contributed by atoms with Crippen molar-refractivity contribution in [3.05, 3.63) is 94.4 Å². The maximum absolute atomic E-state index is 13.3. The molecule has 1 aliphatic heterocycles. The van der Waals surface area contributed by atoms with Crippen molar-refractivity contribution in [1.29, 1.82) is 0 Å². The zero-order chi connectivity index (χ0) is 29.8. The van der Waals surface area contributed by atoms with Crippen molar-refractivity contribution in [2.45, 2.75) is 17.8 Å². The molecule has 1 saturated heterocycles. The molecule has 0 N–H and O–H groups in total. The van der Waals surface area contributed by atoms with E-state index < -0.39 is 0 Å². The van der Waals surface area contributed by atoms with Crippen LogP contribution in [0.25, 0.3) is 17.1 Å². The molecule has 220 valence electrons. The third-order valence-electron chi connectivity index (χ3n) is 7.35. The molecule has 6 rings (SSSR count). The van der Waals surface area contributed by atoms with Crippen LogP contribution in [0, 0.1) is 6.92 Å². The van der Waals surface area contributed by atoms with Gasteiger partial charge in [-0.05, 0) is 55.5 Å². The standard InChI is InChI=1S/C32H32N6O3S2/c1-22-7-9-25(10-8-22)38-30(23-5-4-6-27(19-23)41-3)34-35-32(38)43-21-29-33-28(20-42-29)31(39)37-17-15-36(16-18-37)24-11-13-26(40-2)14-12-24/h4-14,19-20H,15-18,21H2,1-3H3. The molecule has 0 spiro atoms. The van der Waals surface area contributed by atoms with Gasteiger partial charge < -0.3 is 19.3 Å². The SMILES string of the molecule is COc1ccc(N2CCN(C(=O)c3csc(CSc4nnc(-c5cccc(OC)c5)n4-c4ccc(C)cc4)n3)CC2)cc1. The lowest BCUT2D eigenvalue weighted by atomic mass is 10.2. The maximum Gasteiger partial charge on any atom is 0.273 e. The fourth-order valence-electron chi connectivity index (χ4n) is 4.96. The summed E-state index contributed by atoms with van der Waals surface area (Å²) in [6.45, 7) is 4.92. The van der Waals surface area contributed by atoms with E-state index in [1.54, 1.807) is 26.0 Å². The number of carbonyl (C=O) groups is 1. The Morgan fingerprint density at radius 3 is 2.33 bits per heavy atom. The number of aromatic nitrogens is 4. The Morgan fingerprint density at radius 1 is 0.884 bits per heavy atom. The van der Waals surface area contributed by atoms with Crippen LogP contribution >= 0.6 is 23.1 Å². The van der Waals surface area contributed by atoms with Crippen LogP contribution < -0.4 is 14.4 Å². The number of carbonyl (C=O) groups excluding carboxylic acids is 1. The van der Waals surface area contributed by atoms with E-state index in [1.165, 1.54) is 16.9 Å². The number of piperazine rings is 1. The highest BCUT2D eigenvalue weighted by atomic mass is 32.2. The molecular weight excluding hydrogens is 581 g/mol. The minimum Gasteiger partial charge on any atom is -0.497 e. The lowest BCUT2D eigenvalue weighted by molar-refractivity contribution is 0.0741. The van der Waals surface area contributed by atoms with E-state index in [1.807, 2.05) is 46.7 Å². The molecule has 3 heterocycles. The van der Waals surface area contributed by atoms with Gasteiger partial charge >= 0.3 is 0 Å². The van der Waals surface area contributed by atoms with Crippen molar-refractivity contribution in [2.75, 3.05) is 45.3 Å². The summed E-state index contributed by atoms with van der Waals surface area (Å²) < 4.78 is 12.8. The van der Waals surface area contributed by atoms with Gasteiger partial charge in [-0.3, -0.25) is 9.36 Å². The molecule has 1 aliphatic rings. The summed E-state index contributed by atoms with van der Waals surface area (Å²) >= 11 is 3.05. The molecule has 43 heavy (non-hydrogen) atoms. The van der Waals surface area contributed by atoms with Gasteiger partial charge in [0.05, 0.1) is 20.0 Å². The van der Waals surface area contributed by atoms with Crippen molar-refractivity contribution >= 4 is 34.7 Å². The summed E-state index contributed by atoms with van der Waals surface area (Å²) in [4.78, 5) is 22.2. The van der Waals surface area contributed by atoms with Crippen LogP contribution in [-0.2, 0) is 5.75 Å². The molecule has 11 heteroatoms. The van der Waals surface area contributed by atoms with Crippen molar-refractivity contribution in [2.24, 2.45) is 0 Å². The second-order valence-corrected chi connectivity index (χ2v) is 12.0. The van der Waals surface area contributed by atoms with Gasteiger partial charge in [0.15, 0.2) is 11.0 Å². The number of amides is 1. The van der Waals surface area contributed by atoms with Crippen LogP contribution in [0.2, 0.25) is 0 Å². The number of thioether (sulfide) groups is 1. The van der Waals surface area contributed by atoms with Crippen LogP contribution in [-0.4, -0.2) is 71.0 Å². The first-order valence-electron chi connectivity index (χ1n) is 13.9. The molecule has 1 fully saturated rings. The third-order valence-corrected chi connectivity index (χ3v) is 9.33. The van der Waals surface area contributed by atoms with Crippen LogP contribution in [0.3, 0.4) is 0 Å². The number of rotatable bonds is 9. The Labute approximate surface area is 259 Å². The lowest BCUT2D eigenvalue weighted by Gasteiger charge is -2.35. The van der Waals surface area contributed by atoms with Gasteiger partial charge in [0.25, 0.3) is 5.91 Å². The molecule has 3 aromatic carbocycles. The zero-order valence-corrected chi connectivity index (χ0v) is 25.9. The zero-order valence-electron chi connectivity index (χ0n) is 24.3. The van der Waals surface area contributed by atoms with E-state index in [0.29, 0.717) is 24.5 Å². The number of anilines is 1. The molecular formula is C32H32N6O3S2. The van der Waals surface area contributed by atoms with E-state index in [9.17, 15) is 4.79 Å². The molecule has 5 aromatic rings. The van der Waals surface area contributed by atoms with E-state index in [4.69, 9.17) is 14.5 Å². The number of methoxy groups -OCH3 is 2. The molecule has 9 nitrogen and oxygen atoms in total. The molecule has 0 radical (unpaired) electrons. The molecule has 0 unspecified atom stereocenters. The fourth-order valence-corrected chi connectivity index (χ4v) is 6.70. The smallest absolute Gasteiger partial charge is 0.273 e. The van der Waals surface area contributed by atoms with E-state index >= 15 is 0 Å². The van der Waals surface area contributed by atoms with E-state index in [2.05, 4.69) is 63.0 Å². The first-order chi connectivity index (χ1) is 21.0. The van der Waals surface area contributed by atoms with E-state index in [0.717, 1.165) is 57.5 Å². The molecule has 2 aromatic heterocycles. The number of aryl methyl sites for hydroxylation is 1. The Kier molecular flexibility index (Phi) is 8.62. The van der Waals surface area contributed by atoms with Gasteiger partial charge in [-0.1, -0.05) is 41.6 Å². The Bertz CT molecular complexity index is 1690. The van der Waals surface area contributed by atoms with Crippen LogP contribution in [0.15, 0.2) is 83.3 Å². The van der Waals surface area contributed by atoms with Crippen molar-refractivity contribution in [1.82, 2.24) is 24.6 Å². The average molecular weight is 613 g/mol. The van der Waals surface area contributed by atoms with E-state index in [-0.39, 0.29) is 5.91 Å². The van der Waals surface area contributed by atoms with Gasteiger partial charge in [0, 0.05) is 48.5 Å². The largest absolute Gasteiger partial charge is 0.497 e. The topological polar surface area (TPSA) is 85.6 Å². The minimum absolute atomic E-state index is 0.0231. The van der Waals surface area contributed by atoms with Gasteiger partial charge in [0.2, 0.25) is 0 Å². The second-order valence-electron chi connectivity index (χ2n) is 10.1. The Morgan fingerprint density at radius 2 is 1.60 bits per heavy atom. The van der Waals surface area contributed by atoms with Crippen LogP contribution in [0.4, 0.5) is 5.69 Å². The van der Waals surface area contributed by atoms with Gasteiger partial charge in [-0.2, -0.15) is 0 Å². The predicted molar refractivity (Wildman–Crippen MR) is 171 cm³/mol. The quantitative estimate of drug-likeness (QED) is 0.188. The van der Waals surface area contributed by atoms with Crippen LogP contribution in [0.1, 0.15) is 21.1 Å². The Hall–Kier alpha value is -4.35. The summed E-state index contributed by atoms with van der Waals surface area (Å²) in [5.41, 5.74) is 4.69. The van der Waals surface area contributed by atoms with Gasteiger partial charge in [-0.25, -0.2) is 4.98 Å². The summed E-state index contributed by atoms with van der Waals surface area (Å²) in [6.07, 6.45) is 0. The van der Waals surface area contributed by atoms with Gasteiger partial charge in [-0.15, -0.1) is 21.5 Å². The molecule has 0 aliphatic carbocycles. The molecule has 1 amide bonds. The Balaban J connectivity index is 1.14. The molecule has 0 saturated carbocycles. The van der Waals surface area contributed by atoms with Gasteiger partial charge in [0.1, 0.15) is 22.2 Å². The first kappa shape index (κ1) is 28.8. The number of benzene rings is 3. The molecule has 0 atom stereocenters. The maximum atomic E-state index is 13.3. The predicted octanol–water partition coefficient (Wildman–Crippen LogP) is 5.97. The average Bonchev–Trinajstić information content (AvgIpc) is 3.71. The number of thiazole rings is 1. The highest BCUT2D eigenvalue weighted by Gasteiger charge is 2.24. The number of nitrogens with zero attached hydrogens (tertiary/aromatic N) is 6. The normalized spacial score (nSPS) is 13.3. The van der Waals surface area contributed by atoms with Crippen molar-refractivity contribution in [3.63, 3.8) is 0 Å². The summed E-state index contributed by atoms with van der Waals surface area (Å²) in [6, 6.07) is 24.1.